The normalized spacial score (nSPS) is 12.5. The Morgan fingerprint density at radius 2 is 2.12 bits per heavy atom. The molecule has 17 heavy (non-hydrogen) atoms. The number of benzene rings is 1. The van der Waals surface area contributed by atoms with E-state index in [1.54, 1.807) is 11.3 Å². The molecule has 3 nitrogen and oxygen atoms in total. The molecule has 1 aromatic carbocycles. The highest BCUT2D eigenvalue weighted by Gasteiger charge is 2.10. The van der Waals surface area contributed by atoms with E-state index < -0.39 is 0 Å². The van der Waals surface area contributed by atoms with Gasteiger partial charge in [0.15, 0.2) is 0 Å². The van der Waals surface area contributed by atoms with Crippen molar-refractivity contribution < 1.29 is 5.11 Å². The summed E-state index contributed by atoms with van der Waals surface area (Å²) >= 11 is 1.64. The van der Waals surface area contributed by atoms with E-state index in [-0.39, 0.29) is 12.6 Å². The Kier molecular flexibility index (Phi) is 4.67. The fourth-order valence-corrected chi connectivity index (χ4v) is 2.30. The Bertz CT molecular complexity index is 416. The quantitative estimate of drug-likeness (QED) is 0.825. The highest BCUT2D eigenvalue weighted by molar-refractivity contribution is 7.09. The molecule has 4 heteroatoms. The summed E-state index contributed by atoms with van der Waals surface area (Å²) in [6.45, 7) is 0.986. The van der Waals surface area contributed by atoms with E-state index in [1.807, 2.05) is 29.9 Å². The van der Waals surface area contributed by atoms with Gasteiger partial charge in [-0.25, -0.2) is 0 Å². The van der Waals surface area contributed by atoms with Crippen molar-refractivity contribution in [3.8, 4) is 0 Å². The maximum absolute atomic E-state index is 9.11. The lowest BCUT2D eigenvalue weighted by molar-refractivity contribution is 0.265. The third kappa shape index (κ3) is 3.63. The summed E-state index contributed by atoms with van der Waals surface area (Å²) in [5.41, 5.74) is 3.05. The number of hydrogen-bond donors (Lipinski definition) is 2. The number of aliphatic hydroxyl groups is 1. The van der Waals surface area contributed by atoms with Gasteiger partial charge in [-0.05, 0) is 12.0 Å². The topological polar surface area (TPSA) is 45.1 Å². The van der Waals surface area contributed by atoms with Crippen LogP contribution in [-0.4, -0.2) is 16.7 Å². The van der Waals surface area contributed by atoms with Crippen molar-refractivity contribution in [1.29, 1.82) is 0 Å². The van der Waals surface area contributed by atoms with E-state index >= 15 is 0 Å². The highest BCUT2D eigenvalue weighted by Crippen LogP contribution is 2.17. The van der Waals surface area contributed by atoms with Gasteiger partial charge < -0.3 is 10.4 Å². The molecule has 0 fully saturated rings. The smallest absolute Gasteiger partial charge is 0.0794 e. The minimum Gasteiger partial charge on any atom is -0.396 e. The Balaban J connectivity index is 1.98. The molecule has 90 valence electrons. The van der Waals surface area contributed by atoms with E-state index in [1.165, 1.54) is 10.4 Å². The molecular weight excluding hydrogens is 232 g/mol. The van der Waals surface area contributed by atoms with Gasteiger partial charge in [0.2, 0.25) is 0 Å². The maximum Gasteiger partial charge on any atom is 0.0794 e. The molecule has 1 heterocycles. The molecule has 2 rings (SSSR count). The van der Waals surface area contributed by atoms with Crippen molar-refractivity contribution in [2.45, 2.75) is 19.0 Å². The second-order valence-corrected chi connectivity index (χ2v) is 4.80. The fraction of sp³-hybridized carbons (Fsp3) is 0.308. The van der Waals surface area contributed by atoms with E-state index in [4.69, 9.17) is 5.11 Å². The first-order valence-electron chi connectivity index (χ1n) is 5.66. The van der Waals surface area contributed by atoms with Gasteiger partial charge >= 0.3 is 0 Å². The summed E-state index contributed by atoms with van der Waals surface area (Å²) in [5.74, 6) is 0. The summed E-state index contributed by atoms with van der Waals surface area (Å²) < 4.78 is 0. The van der Waals surface area contributed by atoms with Crippen LogP contribution < -0.4 is 5.32 Å². The summed E-state index contributed by atoms with van der Waals surface area (Å²) in [4.78, 5) is 5.26. The number of aromatic nitrogens is 1. The summed E-state index contributed by atoms with van der Waals surface area (Å²) in [5, 5.41) is 12.6. The third-order valence-electron chi connectivity index (χ3n) is 2.63. The van der Waals surface area contributed by atoms with Gasteiger partial charge in [-0.15, -0.1) is 11.3 Å². The molecule has 1 atom stereocenters. The second-order valence-electron chi connectivity index (χ2n) is 3.82. The molecule has 0 saturated carbocycles. The van der Waals surface area contributed by atoms with Crippen LogP contribution in [0.4, 0.5) is 0 Å². The van der Waals surface area contributed by atoms with Crippen molar-refractivity contribution in [3.63, 3.8) is 0 Å². The first-order chi connectivity index (χ1) is 8.40. The Hall–Kier alpha value is -1.23. The first-order valence-corrected chi connectivity index (χ1v) is 6.54. The van der Waals surface area contributed by atoms with Crippen LogP contribution in [0.1, 0.15) is 22.9 Å². The van der Waals surface area contributed by atoms with Gasteiger partial charge in [-0.3, -0.25) is 4.98 Å². The van der Waals surface area contributed by atoms with Crippen molar-refractivity contribution in [2.75, 3.05) is 6.61 Å². The van der Waals surface area contributed by atoms with Crippen molar-refractivity contribution >= 4 is 11.3 Å². The van der Waals surface area contributed by atoms with Crippen molar-refractivity contribution in [2.24, 2.45) is 0 Å². The molecule has 0 amide bonds. The monoisotopic (exact) mass is 248 g/mol. The lowest BCUT2D eigenvalue weighted by Gasteiger charge is -2.17. The average molecular weight is 248 g/mol. The average Bonchev–Trinajstić information content (AvgIpc) is 2.88. The van der Waals surface area contributed by atoms with Crippen LogP contribution in [0, 0.1) is 0 Å². The molecule has 2 N–H and O–H groups in total. The number of aliphatic hydroxyl groups excluding tert-OH is 1. The van der Waals surface area contributed by atoms with Gasteiger partial charge in [-0.1, -0.05) is 30.3 Å². The summed E-state index contributed by atoms with van der Waals surface area (Å²) in [6.07, 6.45) is 2.60. The number of rotatable bonds is 6. The minimum absolute atomic E-state index is 0.190. The standard InChI is InChI=1S/C13H16N2OS/c16-7-6-13(11-4-2-1-3-5-11)15-9-12-8-14-10-17-12/h1-5,8,10,13,15-16H,6-7,9H2/t13-/m1/s1. The number of hydrogen-bond acceptors (Lipinski definition) is 4. The molecule has 2 aromatic rings. The molecule has 0 aliphatic rings. The lowest BCUT2D eigenvalue weighted by atomic mass is 10.0. The van der Waals surface area contributed by atoms with Crippen LogP contribution in [0.2, 0.25) is 0 Å². The van der Waals surface area contributed by atoms with Crippen LogP contribution in [0.3, 0.4) is 0 Å². The van der Waals surface area contributed by atoms with E-state index in [2.05, 4.69) is 22.4 Å². The lowest BCUT2D eigenvalue weighted by Crippen LogP contribution is -2.21. The van der Waals surface area contributed by atoms with Crippen LogP contribution >= 0.6 is 11.3 Å². The molecule has 0 bridgehead atoms. The van der Waals surface area contributed by atoms with Gasteiger partial charge in [0.05, 0.1) is 5.51 Å². The molecule has 0 radical (unpaired) electrons. The number of nitrogens with one attached hydrogen (secondary N) is 1. The Labute approximate surface area is 105 Å². The van der Waals surface area contributed by atoms with Gasteiger partial charge in [-0.2, -0.15) is 0 Å². The maximum atomic E-state index is 9.11. The fourth-order valence-electron chi connectivity index (χ4n) is 1.75. The van der Waals surface area contributed by atoms with Crippen LogP contribution in [-0.2, 0) is 6.54 Å². The van der Waals surface area contributed by atoms with E-state index in [0.717, 1.165) is 13.0 Å². The zero-order valence-corrected chi connectivity index (χ0v) is 10.4. The predicted octanol–water partition coefficient (Wildman–Crippen LogP) is 2.36. The molecule has 0 unspecified atom stereocenters. The first kappa shape index (κ1) is 12.2. The zero-order chi connectivity index (χ0) is 11.9. The zero-order valence-electron chi connectivity index (χ0n) is 9.54. The third-order valence-corrected chi connectivity index (χ3v) is 3.41. The largest absolute Gasteiger partial charge is 0.396 e. The van der Waals surface area contributed by atoms with Crippen LogP contribution in [0.5, 0.6) is 0 Å². The van der Waals surface area contributed by atoms with E-state index in [0.29, 0.717) is 0 Å². The SMILES string of the molecule is OCC[C@@H](NCc1cncs1)c1ccccc1. The van der Waals surface area contributed by atoms with Gasteiger partial charge in [0, 0.05) is 30.3 Å². The number of thiazole rings is 1. The van der Waals surface area contributed by atoms with E-state index in [9.17, 15) is 0 Å². The van der Waals surface area contributed by atoms with Crippen molar-refractivity contribution in [1.82, 2.24) is 10.3 Å². The minimum atomic E-state index is 0.190. The van der Waals surface area contributed by atoms with Gasteiger partial charge in [0.1, 0.15) is 0 Å². The molecule has 1 aromatic heterocycles. The van der Waals surface area contributed by atoms with Crippen molar-refractivity contribution in [3.05, 3.63) is 52.5 Å². The Morgan fingerprint density at radius 3 is 2.76 bits per heavy atom. The highest BCUT2D eigenvalue weighted by atomic mass is 32.1. The molecular formula is C13H16N2OS. The van der Waals surface area contributed by atoms with Gasteiger partial charge in [0.25, 0.3) is 0 Å². The summed E-state index contributed by atoms with van der Waals surface area (Å²) in [6, 6.07) is 10.4. The predicted molar refractivity (Wildman–Crippen MR) is 69.8 cm³/mol. The Morgan fingerprint density at radius 1 is 1.29 bits per heavy atom. The molecule has 0 saturated heterocycles. The number of nitrogens with zero attached hydrogens (tertiary/aromatic N) is 1. The molecule has 0 spiro atoms. The second kappa shape index (κ2) is 6.49. The molecule has 0 aliphatic carbocycles. The molecule has 0 aliphatic heterocycles. The van der Waals surface area contributed by atoms with Crippen LogP contribution in [0.25, 0.3) is 0 Å². The summed E-state index contributed by atoms with van der Waals surface area (Å²) in [7, 11) is 0. The van der Waals surface area contributed by atoms with Crippen LogP contribution in [0.15, 0.2) is 42.0 Å².